The minimum absolute atomic E-state index is 0.620. The van der Waals surface area contributed by atoms with Crippen LogP contribution in [0.4, 0.5) is 0 Å². The molecule has 0 radical (unpaired) electrons. The van der Waals surface area contributed by atoms with Crippen molar-refractivity contribution in [2.24, 2.45) is 0 Å². The van der Waals surface area contributed by atoms with Gasteiger partial charge in [0.25, 0.3) is 0 Å². The molecule has 1 aliphatic rings. The van der Waals surface area contributed by atoms with Gasteiger partial charge in [-0.2, -0.15) is 6.66 Å². The van der Waals surface area contributed by atoms with Crippen molar-refractivity contribution in [2.75, 3.05) is 6.54 Å². The Morgan fingerprint density at radius 2 is 1.32 bits per heavy atom. The van der Waals surface area contributed by atoms with Crippen LogP contribution in [0.2, 0.25) is 0 Å². The predicted molar refractivity (Wildman–Crippen MR) is 138 cm³/mol. The van der Waals surface area contributed by atoms with Crippen molar-refractivity contribution in [3.05, 3.63) is 74.0 Å². The number of nitrogens with zero attached hydrogens (tertiary/aromatic N) is 1. The number of para-hydroxylation sites is 2. The van der Waals surface area contributed by atoms with E-state index in [1.807, 2.05) is 60.7 Å². The average molecular weight is 460 g/mol. The van der Waals surface area contributed by atoms with Crippen molar-refractivity contribution in [1.82, 2.24) is 4.44 Å². The maximum absolute atomic E-state index is 6.72. The lowest BCUT2D eigenvalue weighted by Gasteiger charge is -2.48. The maximum atomic E-state index is 6.72. The van der Waals surface area contributed by atoms with Crippen molar-refractivity contribution in [3.63, 3.8) is 0 Å². The van der Waals surface area contributed by atoms with Gasteiger partial charge in [-0.15, -0.1) is 0 Å². The molecule has 0 aliphatic carbocycles. The molecule has 1 heterocycles. The van der Waals surface area contributed by atoms with Crippen molar-refractivity contribution < 1.29 is 9.05 Å². The Balaban J connectivity index is 2.08. The molecule has 31 heavy (non-hydrogen) atoms. The first-order valence-electron chi connectivity index (χ1n) is 11.7. The van der Waals surface area contributed by atoms with Gasteiger partial charge in [-0.3, -0.25) is 0 Å². The Labute approximate surface area is 191 Å². The van der Waals surface area contributed by atoms with E-state index in [9.17, 15) is 0 Å². The number of hydrogen-bond donors (Lipinski definition) is 0. The van der Waals surface area contributed by atoms with Crippen LogP contribution in [0.5, 0.6) is 11.5 Å². The molecule has 0 amide bonds. The first kappa shape index (κ1) is 24.5. The molecule has 0 aromatic heterocycles. The van der Waals surface area contributed by atoms with E-state index in [2.05, 4.69) is 25.2 Å². The molecule has 3 rings (SSSR count). The van der Waals surface area contributed by atoms with Gasteiger partial charge in [0, 0.05) is 0 Å². The van der Waals surface area contributed by atoms with Gasteiger partial charge in [-0.1, -0.05) is 70.3 Å². The molecule has 0 N–H and O–H groups in total. The summed E-state index contributed by atoms with van der Waals surface area (Å²) in [6, 6.07) is 20.1. The topological polar surface area (TPSA) is 21.7 Å². The molecule has 2 aromatic rings. The molecule has 1 aliphatic heterocycles. The standard InChI is InChI=1S/C26H39NO2P2/c1-6-9-22-27(30(4)25(7-2)20-21-26(30)8-3)31(5,28-23-16-12-10-13-17-23)29-24-18-14-11-15-19-24/h10-19,25-26H,4-9,20-22H2,1-3H3/t25-,26-/m1/s1. The molecule has 2 aromatic carbocycles. The Morgan fingerprint density at radius 3 is 1.71 bits per heavy atom. The lowest BCUT2D eigenvalue weighted by atomic mass is 10.1. The van der Waals surface area contributed by atoms with Crippen LogP contribution in [0.15, 0.2) is 60.7 Å². The Hall–Kier alpha value is -1.14. The van der Waals surface area contributed by atoms with E-state index in [1.54, 1.807) is 0 Å². The fourth-order valence-corrected chi connectivity index (χ4v) is 13.9. The normalized spacial score (nSPS) is 20.7. The summed E-state index contributed by atoms with van der Waals surface area (Å²) in [6.07, 6.45) is 7.05. The third kappa shape index (κ3) is 5.44. The molecule has 5 heteroatoms. The first-order chi connectivity index (χ1) is 15.0. The Bertz CT molecular complexity index is 733. The van der Waals surface area contributed by atoms with E-state index >= 15 is 0 Å². The van der Waals surface area contributed by atoms with Crippen molar-refractivity contribution in [3.8, 4) is 11.5 Å². The average Bonchev–Trinajstić information content (AvgIpc) is 3.11. The van der Waals surface area contributed by atoms with Gasteiger partial charge < -0.3 is 9.05 Å². The van der Waals surface area contributed by atoms with E-state index in [0.29, 0.717) is 11.3 Å². The molecule has 0 unspecified atom stereocenters. The van der Waals surface area contributed by atoms with Crippen LogP contribution in [0, 0.1) is 13.3 Å². The summed E-state index contributed by atoms with van der Waals surface area (Å²) in [5.41, 5.74) is 1.24. The lowest BCUT2D eigenvalue weighted by molar-refractivity contribution is 0.406. The predicted octanol–water partition coefficient (Wildman–Crippen LogP) is 8.88. The van der Waals surface area contributed by atoms with Crippen LogP contribution >= 0.6 is 15.3 Å². The monoisotopic (exact) mass is 459 g/mol. The highest BCUT2D eigenvalue weighted by atomic mass is 31.3. The largest absolute Gasteiger partial charge is 0.337 e. The summed E-state index contributed by atoms with van der Waals surface area (Å²) in [4.78, 5) is 0. The second-order valence-corrected chi connectivity index (χ2v) is 14.6. The van der Waals surface area contributed by atoms with E-state index in [4.69, 9.17) is 22.4 Å². The summed E-state index contributed by atoms with van der Waals surface area (Å²) >= 11 is 0. The molecule has 0 saturated carbocycles. The van der Waals surface area contributed by atoms with Gasteiger partial charge in [0.1, 0.15) is 0 Å². The zero-order valence-electron chi connectivity index (χ0n) is 19.5. The quantitative estimate of drug-likeness (QED) is 0.247. The van der Waals surface area contributed by atoms with Crippen molar-refractivity contribution in [2.45, 2.75) is 70.6 Å². The second-order valence-electron chi connectivity index (χ2n) is 8.48. The van der Waals surface area contributed by atoms with E-state index in [-0.39, 0.29) is 0 Å². The molecule has 0 spiro atoms. The van der Waals surface area contributed by atoms with Gasteiger partial charge in [-0.25, -0.2) is 0 Å². The highest BCUT2D eigenvalue weighted by molar-refractivity contribution is 7.86. The SMILES string of the molecule is [CH2-][P+](Oc1ccccc1)(Oc1ccccc1)N(CCCC)[P+]1([CH2-])[C@H](CC)CC[C@H]1CC. The minimum atomic E-state index is -2.70. The van der Waals surface area contributed by atoms with Gasteiger partial charge in [-0.05, 0) is 68.2 Å². The number of rotatable bonds is 11. The third-order valence-corrected chi connectivity index (χ3v) is 15.1. The highest BCUT2D eigenvalue weighted by Crippen LogP contribution is 2.85. The molecule has 1 saturated heterocycles. The number of hydrogen-bond acceptors (Lipinski definition) is 3. The molecular weight excluding hydrogens is 420 g/mol. The van der Waals surface area contributed by atoms with E-state index in [0.717, 1.165) is 43.7 Å². The fraction of sp³-hybridized carbons (Fsp3) is 0.462. The summed E-state index contributed by atoms with van der Waals surface area (Å²) in [7, 11) is -4.45. The molecular formula is C26H39NO2P2. The summed E-state index contributed by atoms with van der Waals surface area (Å²) in [6.45, 7) is 17.6. The van der Waals surface area contributed by atoms with Gasteiger partial charge in [0.05, 0.1) is 17.9 Å². The van der Waals surface area contributed by atoms with Crippen LogP contribution in [0.3, 0.4) is 0 Å². The van der Waals surface area contributed by atoms with E-state index < -0.39 is 15.3 Å². The van der Waals surface area contributed by atoms with Crippen LogP contribution in [-0.4, -0.2) is 22.3 Å². The van der Waals surface area contributed by atoms with Gasteiger partial charge in [0.2, 0.25) is 0 Å². The van der Waals surface area contributed by atoms with Crippen LogP contribution in [0.1, 0.15) is 59.3 Å². The van der Waals surface area contributed by atoms with Crippen LogP contribution in [0.25, 0.3) is 0 Å². The van der Waals surface area contributed by atoms with Gasteiger partial charge >= 0.3 is 7.87 Å². The first-order valence-corrected chi connectivity index (χ1v) is 15.5. The van der Waals surface area contributed by atoms with Crippen LogP contribution < -0.4 is 9.05 Å². The summed E-state index contributed by atoms with van der Waals surface area (Å²) in [5, 5.41) is 0. The van der Waals surface area contributed by atoms with Crippen LogP contribution in [-0.2, 0) is 0 Å². The second kappa shape index (κ2) is 11.1. The lowest BCUT2D eigenvalue weighted by Crippen LogP contribution is -2.35. The van der Waals surface area contributed by atoms with Crippen molar-refractivity contribution in [1.29, 1.82) is 0 Å². The minimum Gasteiger partial charge on any atom is -0.319 e. The zero-order valence-corrected chi connectivity index (χ0v) is 21.2. The van der Waals surface area contributed by atoms with Gasteiger partial charge in [0.15, 0.2) is 11.5 Å². The fourth-order valence-electron chi connectivity index (χ4n) is 4.84. The Morgan fingerprint density at radius 1 is 0.871 bits per heavy atom. The number of benzene rings is 2. The molecule has 170 valence electrons. The number of unbranched alkanes of at least 4 members (excludes halogenated alkanes) is 1. The summed E-state index contributed by atoms with van der Waals surface area (Å²) in [5.74, 6) is 1.63. The Kier molecular flexibility index (Phi) is 8.80. The molecule has 3 nitrogen and oxygen atoms in total. The van der Waals surface area contributed by atoms with E-state index in [1.165, 1.54) is 12.8 Å². The maximum Gasteiger partial charge on any atom is 0.337 e. The zero-order chi connectivity index (χ0) is 22.3. The summed E-state index contributed by atoms with van der Waals surface area (Å²) < 4.78 is 16.0. The third-order valence-electron chi connectivity index (χ3n) is 6.52. The highest BCUT2D eigenvalue weighted by Gasteiger charge is 2.60. The smallest absolute Gasteiger partial charge is 0.319 e. The molecule has 1 fully saturated rings. The van der Waals surface area contributed by atoms with Crippen molar-refractivity contribution >= 4 is 15.3 Å². The molecule has 0 bridgehead atoms. The molecule has 2 atom stereocenters.